The molecule has 1 aliphatic carbocycles. The van der Waals surface area contributed by atoms with Crippen molar-refractivity contribution in [1.29, 1.82) is 0 Å². The summed E-state index contributed by atoms with van der Waals surface area (Å²) in [6, 6.07) is 6.89. The lowest BCUT2D eigenvalue weighted by atomic mass is 9.99. The van der Waals surface area contributed by atoms with Crippen molar-refractivity contribution < 1.29 is 8.81 Å². The van der Waals surface area contributed by atoms with E-state index in [0.717, 1.165) is 35.4 Å². The molecule has 1 aromatic heterocycles. The number of hydrogen-bond donors (Lipinski definition) is 1. The SMILES string of the molecule is CN(N)c1ccc(F)c(C2CC2)c1/C=C/c1ccco1. The van der Waals surface area contributed by atoms with Crippen LogP contribution in [-0.2, 0) is 0 Å². The molecular weight excluding hydrogens is 255 g/mol. The zero-order valence-electron chi connectivity index (χ0n) is 11.3. The monoisotopic (exact) mass is 272 g/mol. The fraction of sp³-hybridized carbons (Fsp3) is 0.250. The van der Waals surface area contributed by atoms with Crippen molar-refractivity contribution in [3.63, 3.8) is 0 Å². The van der Waals surface area contributed by atoms with Crippen LogP contribution >= 0.6 is 0 Å². The molecule has 104 valence electrons. The largest absolute Gasteiger partial charge is 0.465 e. The molecule has 1 fully saturated rings. The first kappa shape index (κ1) is 12.9. The number of nitrogens with zero attached hydrogens (tertiary/aromatic N) is 1. The van der Waals surface area contributed by atoms with Gasteiger partial charge in [-0.05, 0) is 55.2 Å². The number of benzene rings is 1. The molecule has 0 saturated heterocycles. The highest BCUT2D eigenvalue weighted by atomic mass is 19.1. The first-order valence-corrected chi connectivity index (χ1v) is 6.69. The molecule has 0 spiro atoms. The number of furan rings is 1. The summed E-state index contributed by atoms with van der Waals surface area (Å²) in [5.74, 6) is 6.75. The molecule has 0 unspecified atom stereocenters. The zero-order chi connectivity index (χ0) is 14.1. The second kappa shape index (κ2) is 5.13. The molecule has 3 nitrogen and oxygen atoms in total. The molecule has 0 aliphatic heterocycles. The molecule has 1 aliphatic rings. The Morgan fingerprint density at radius 2 is 2.10 bits per heavy atom. The van der Waals surface area contributed by atoms with Gasteiger partial charge >= 0.3 is 0 Å². The summed E-state index contributed by atoms with van der Waals surface area (Å²) in [5.41, 5.74) is 2.42. The van der Waals surface area contributed by atoms with Crippen LogP contribution in [0.25, 0.3) is 12.2 Å². The highest BCUT2D eigenvalue weighted by Gasteiger charge is 2.30. The van der Waals surface area contributed by atoms with E-state index in [4.69, 9.17) is 10.3 Å². The molecule has 2 N–H and O–H groups in total. The summed E-state index contributed by atoms with van der Waals surface area (Å²) < 4.78 is 19.4. The van der Waals surface area contributed by atoms with Gasteiger partial charge in [0.05, 0.1) is 12.0 Å². The lowest BCUT2D eigenvalue weighted by Crippen LogP contribution is -2.26. The van der Waals surface area contributed by atoms with Crippen LogP contribution in [-0.4, -0.2) is 7.05 Å². The maximum Gasteiger partial charge on any atom is 0.127 e. The van der Waals surface area contributed by atoms with Crippen molar-refractivity contribution in [2.45, 2.75) is 18.8 Å². The molecule has 4 heteroatoms. The van der Waals surface area contributed by atoms with E-state index in [2.05, 4.69) is 0 Å². The smallest absolute Gasteiger partial charge is 0.127 e. The van der Waals surface area contributed by atoms with Crippen LogP contribution in [0.15, 0.2) is 34.9 Å². The minimum atomic E-state index is -0.155. The lowest BCUT2D eigenvalue weighted by molar-refractivity contribution is 0.557. The van der Waals surface area contributed by atoms with Gasteiger partial charge in [-0.2, -0.15) is 0 Å². The molecule has 1 heterocycles. The van der Waals surface area contributed by atoms with E-state index in [1.807, 2.05) is 24.3 Å². The van der Waals surface area contributed by atoms with Crippen LogP contribution in [0.3, 0.4) is 0 Å². The summed E-state index contributed by atoms with van der Waals surface area (Å²) >= 11 is 0. The van der Waals surface area contributed by atoms with E-state index in [1.54, 1.807) is 19.4 Å². The summed E-state index contributed by atoms with van der Waals surface area (Å²) in [4.78, 5) is 0. The second-order valence-electron chi connectivity index (χ2n) is 5.13. The van der Waals surface area contributed by atoms with Crippen molar-refractivity contribution in [3.05, 3.63) is 53.2 Å². The van der Waals surface area contributed by atoms with E-state index in [9.17, 15) is 4.39 Å². The fourth-order valence-electron chi connectivity index (χ4n) is 2.42. The molecule has 0 atom stereocenters. The van der Waals surface area contributed by atoms with E-state index in [-0.39, 0.29) is 5.82 Å². The van der Waals surface area contributed by atoms with Crippen LogP contribution in [0.5, 0.6) is 0 Å². The fourth-order valence-corrected chi connectivity index (χ4v) is 2.42. The van der Waals surface area contributed by atoms with Crippen molar-refractivity contribution >= 4 is 17.8 Å². The van der Waals surface area contributed by atoms with Gasteiger partial charge in [0.2, 0.25) is 0 Å². The lowest BCUT2D eigenvalue weighted by Gasteiger charge is -2.18. The minimum Gasteiger partial charge on any atom is -0.465 e. The maximum atomic E-state index is 14.1. The standard InChI is InChI=1S/C16H17FN2O/c1-19(18)15-9-8-14(17)16(11-4-5-11)13(15)7-6-12-3-2-10-20-12/h2-3,6-11H,4-5,18H2,1H3/b7-6+. The Hall–Kier alpha value is -2.07. The Balaban J connectivity index is 2.07. The first-order valence-electron chi connectivity index (χ1n) is 6.69. The summed E-state index contributed by atoms with van der Waals surface area (Å²) in [6.45, 7) is 0. The highest BCUT2D eigenvalue weighted by molar-refractivity contribution is 5.78. The van der Waals surface area contributed by atoms with E-state index < -0.39 is 0 Å². The quantitative estimate of drug-likeness (QED) is 0.680. The molecular formula is C16H17FN2O. The molecule has 0 bridgehead atoms. The Labute approximate surface area is 117 Å². The number of rotatable bonds is 4. The third-order valence-electron chi connectivity index (χ3n) is 3.53. The summed E-state index contributed by atoms with van der Waals surface area (Å²) in [5, 5.41) is 1.52. The highest BCUT2D eigenvalue weighted by Crippen LogP contribution is 2.45. The molecule has 1 saturated carbocycles. The van der Waals surface area contributed by atoms with E-state index in [1.165, 1.54) is 11.1 Å². The van der Waals surface area contributed by atoms with Gasteiger partial charge in [0, 0.05) is 18.2 Å². The van der Waals surface area contributed by atoms with Crippen LogP contribution in [0.1, 0.15) is 35.6 Å². The molecule has 0 radical (unpaired) electrons. The Bertz CT molecular complexity index is 628. The zero-order valence-corrected chi connectivity index (χ0v) is 11.3. The minimum absolute atomic E-state index is 0.155. The van der Waals surface area contributed by atoms with E-state index >= 15 is 0 Å². The average Bonchev–Trinajstić information content (AvgIpc) is 3.11. The average molecular weight is 272 g/mol. The molecule has 20 heavy (non-hydrogen) atoms. The normalized spacial score (nSPS) is 14.9. The van der Waals surface area contributed by atoms with Crippen LogP contribution in [0, 0.1) is 5.82 Å². The molecule has 1 aromatic carbocycles. The Kier molecular flexibility index (Phi) is 3.32. The van der Waals surface area contributed by atoms with Crippen LogP contribution in [0.4, 0.5) is 10.1 Å². The van der Waals surface area contributed by atoms with Gasteiger partial charge in [-0.15, -0.1) is 0 Å². The summed E-state index contributed by atoms with van der Waals surface area (Å²) in [7, 11) is 1.76. The van der Waals surface area contributed by atoms with Gasteiger partial charge in [0.1, 0.15) is 11.6 Å². The van der Waals surface area contributed by atoms with Crippen molar-refractivity contribution in [2.24, 2.45) is 5.84 Å². The Morgan fingerprint density at radius 3 is 2.70 bits per heavy atom. The Morgan fingerprint density at radius 1 is 1.30 bits per heavy atom. The third-order valence-corrected chi connectivity index (χ3v) is 3.53. The number of nitrogens with two attached hydrogens (primary N) is 1. The topological polar surface area (TPSA) is 42.4 Å². The second-order valence-corrected chi connectivity index (χ2v) is 5.13. The number of halogens is 1. The van der Waals surface area contributed by atoms with Crippen LogP contribution in [0.2, 0.25) is 0 Å². The van der Waals surface area contributed by atoms with Crippen LogP contribution < -0.4 is 10.9 Å². The van der Waals surface area contributed by atoms with E-state index in [0.29, 0.717) is 5.92 Å². The predicted octanol–water partition coefficient (Wildman–Crippen LogP) is 3.78. The van der Waals surface area contributed by atoms with Crippen molar-refractivity contribution in [1.82, 2.24) is 0 Å². The molecule has 0 amide bonds. The van der Waals surface area contributed by atoms with Gasteiger partial charge < -0.3 is 9.43 Å². The number of anilines is 1. The molecule has 3 rings (SSSR count). The predicted molar refractivity (Wildman–Crippen MR) is 78.6 cm³/mol. The number of hydrogen-bond acceptors (Lipinski definition) is 3. The first-order chi connectivity index (χ1) is 9.66. The van der Waals surface area contributed by atoms with Gasteiger partial charge in [-0.25, -0.2) is 10.2 Å². The molecule has 2 aromatic rings. The van der Waals surface area contributed by atoms with Gasteiger partial charge in [0.25, 0.3) is 0 Å². The van der Waals surface area contributed by atoms with Gasteiger partial charge in [-0.1, -0.05) is 0 Å². The van der Waals surface area contributed by atoms with Gasteiger partial charge in [-0.3, -0.25) is 0 Å². The number of hydrazine groups is 1. The maximum absolute atomic E-state index is 14.1. The summed E-state index contributed by atoms with van der Waals surface area (Å²) in [6.07, 6.45) is 7.41. The van der Waals surface area contributed by atoms with Gasteiger partial charge in [0.15, 0.2) is 0 Å². The van der Waals surface area contributed by atoms with Crippen molar-refractivity contribution in [2.75, 3.05) is 12.1 Å². The van der Waals surface area contributed by atoms with Crippen molar-refractivity contribution in [3.8, 4) is 0 Å². The third kappa shape index (κ3) is 2.47.